The van der Waals surface area contributed by atoms with E-state index in [2.05, 4.69) is 83.4 Å². The van der Waals surface area contributed by atoms with Gasteiger partial charge in [0.2, 0.25) is 0 Å². The fourth-order valence-electron chi connectivity index (χ4n) is 6.75. The molecule has 0 aliphatic heterocycles. The highest BCUT2D eigenvalue weighted by atomic mass is 19.1. The quantitative estimate of drug-likeness (QED) is 0.181. The highest BCUT2D eigenvalue weighted by molar-refractivity contribution is 6.10. The molecule has 0 amide bonds. The van der Waals surface area contributed by atoms with Crippen molar-refractivity contribution in [3.63, 3.8) is 0 Å². The lowest BCUT2D eigenvalue weighted by Crippen LogP contribution is -2.02. The molecule has 4 nitrogen and oxygen atoms in total. The Morgan fingerprint density at radius 3 is 1.62 bits per heavy atom. The van der Waals surface area contributed by atoms with Crippen LogP contribution in [0.1, 0.15) is 0 Å². The summed E-state index contributed by atoms with van der Waals surface area (Å²) in [7, 11) is 0. The second-order valence-electron chi connectivity index (χ2n) is 12.2. The highest BCUT2D eigenvalue weighted by Gasteiger charge is 2.19. The molecule has 7 aromatic carbocycles. The minimum atomic E-state index is -0.306. The number of aromatic nitrogens is 4. The first-order valence-corrected chi connectivity index (χ1v) is 16.6. The molecule has 0 atom stereocenters. The van der Waals surface area contributed by atoms with Crippen LogP contribution in [0.15, 0.2) is 176 Å². The number of hydrogen-bond donors (Lipinski definition) is 0. The van der Waals surface area contributed by atoms with E-state index in [1.807, 2.05) is 78.9 Å². The van der Waals surface area contributed by atoms with Crippen LogP contribution < -0.4 is 0 Å². The van der Waals surface area contributed by atoms with Crippen LogP contribution in [0.25, 0.3) is 83.9 Å². The lowest BCUT2D eigenvalue weighted by molar-refractivity contribution is 0.628. The maximum Gasteiger partial charge on any atom is 0.164 e. The molecular formula is C45H29FN4. The van der Waals surface area contributed by atoms with Crippen LogP contribution in [0.4, 0.5) is 4.39 Å². The first kappa shape index (κ1) is 29.4. The third kappa shape index (κ3) is 5.31. The number of nitrogens with zero attached hydrogens (tertiary/aromatic N) is 4. The summed E-state index contributed by atoms with van der Waals surface area (Å²) in [5.41, 5.74) is 9.55. The molecule has 9 rings (SSSR count). The van der Waals surface area contributed by atoms with Gasteiger partial charge in [0.25, 0.3) is 0 Å². The molecule has 0 bridgehead atoms. The molecule has 0 fully saturated rings. The van der Waals surface area contributed by atoms with Gasteiger partial charge in [-0.3, -0.25) is 0 Å². The Morgan fingerprint density at radius 2 is 0.940 bits per heavy atom. The van der Waals surface area contributed by atoms with Crippen molar-refractivity contribution in [2.24, 2.45) is 0 Å². The van der Waals surface area contributed by atoms with Gasteiger partial charge in [0, 0.05) is 33.2 Å². The smallest absolute Gasteiger partial charge is 0.164 e. The molecule has 0 spiro atoms. The van der Waals surface area contributed by atoms with Gasteiger partial charge >= 0.3 is 0 Å². The van der Waals surface area contributed by atoms with E-state index < -0.39 is 0 Å². The summed E-state index contributed by atoms with van der Waals surface area (Å²) in [5.74, 6) is 1.33. The average Bonchev–Trinajstić information content (AvgIpc) is 3.52. The zero-order valence-corrected chi connectivity index (χ0v) is 26.9. The van der Waals surface area contributed by atoms with E-state index in [4.69, 9.17) is 15.0 Å². The van der Waals surface area contributed by atoms with E-state index in [1.165, 1.54) is 11.6 Å². The molecule has 236 valence electrons. The number of para-hydroxylation sites is 1. The SMILES string of the molecule is Fc1cccc(-c2ccc(-n3c4ccccc4c4cc(-c5ccccc5)ccc43)cc2-c2nc(-c3ccccc3)nc(-c3ccccc3)n2)c1. The fraction of sp³-hybridized carbons (Fsp3) is 0. The van der Waals surface area contributed by atoms with Gasteiger partial charge in [0.1, 0.15) is 5.82 Å². The Kier molecular flexibility index (Phi) is 7.29. The first-order chi connectivity index (χ1) is 24.7. The van der Waals surface area contributed by atoms with Crippen molar-refractivity contribution in [3.8, 4) is 62.1 Å². The van der Waals surface area contributed by atoms with E-state index in [0.717, 1.165) is 60.9 Å². The van der Waals surface area contributed by atoms with Crippen LogP contribution in [0, 0.1) is 5.82 Å². The summed E-state index contributed by atoms with van der Waals surface area (Å²) in [5, 5.41) is 2.32. The van der Waals surface area contributed by atoms with Crippen molar-refractivity contribution in [1.29, 1.82) is 0 Å². The molecule has 5 heteroatoms. The minimum absolute atomic E-state index is 0.306. The van der Waals surface area contributed by atoms with Gasteiger partial charge in [-0.2, -0.15) is 0 Å². The number of rotatable bonds is 6. The average molecular weight is 645 g/mol. The minimum Gasteiger partial charge on any atom is -0.309 e. The van der Waals surface area contributed by atoms with Gasteiger partial charge in [-0.15, -0.1) is 0 Å². The highest BCUT2D eigenvalue weighted by Crippen LogP contribution is 2.39. The normalized spacial score (nSPS) is 11.3. The number of halogens is 1. The van der Waals surface area contributed by atoms with Gasteiger partial charge in [0.05, 0.1) is 11.0 Å². The van der Waals surface area contributed by atoms with Crippen LogP contribution in [0.2, 0.25) is 0 Å². The van der Waals surface area contributed by atoms with Crippen molar-refractivity contribution in [1.82, 2.24) is 19.5 Å². The van der Waals surface area contributed by atoms with E-state index in [9.17, 15) is 4.39 Å². The van der Waals surface area contributed by atoms with Crippen molar-refractivity contribution in [2.45, 2.75) is 0 Å². The van der Waals surface area contributed by atoms with E-state index >= 15 is 0 Å². The first-order valence-electron chi connectivity index (χ1n) is 16.6. The molecule has 0 unspecified atom stereocenters. The lowest BCUT2D eigenvalue weighted by Gasteiger charge is -2.15. The molecule has 0 radical (unpaired) electrons. The molecule has 2 heterocycles. The topological polar surface area (TPSA) is 43.6 Å². The summed E-state index contributed by atoms with van der Waals surface area (Å²) in [6.45, 7) is 0. The Labute approximate surface area is 288 Å². The summed E-state index contributed by atoms with van der Waals surface area (Å²) in [6, 6.07) is 58.4. The largest absolute Gasteiger partial charge is 0.309 e. The number of fused-ring (bicyclic) bond motifs is 3. The standard InChI is InChI=1S/C45H29FN4/c46-35-20-12-19-34(27-35)37-25-24-36(50-41-22-11-10-21-38(41)39-28-33(23-26-42(39)50)30-13-4-1-5-14-30)29-40(37)45-48-43(31-15-6-2-7-16-31)47-44(49-45)32-17-8-3-9-18-32/h1-29H. The molecule has 50 heavy (non-hydrogen) atoms. The molecule has 0 aliphatic carbocycles. The monoisotopic (exact) mass is 644 g/mol. The lowest BCUT2D eigenvalue weighted by atomic mass is 9.98. The Morgan fingerprint density at radius 1 is 0.360 bits per heavy atom. The third-order valence-electron chi connectivity index (χ3n) is 9.12. The summed E-state index contributed by atoms with van der Waals surface area (Å²) < 4.78 is 17.0. The predicted octanol–water partition coefficient (Wildman–Crippen LogP) is 11.4. The Balaban J connectivity index is 1.31. The third-order valence-corrected chi connectivity index (χ3v) is 9.12. The van der Waals surface area contributed by atoms with Gasteiger partial charge in [-0.25, -0.2) is 19.3 Å². The van der Waals surface area contributed by atoms with Gasteiger partial charge in [-0.05, 0) is 64.7 Å². The number of benzene rings is 7. The maximum absolute atomic E-state index is 14.7. The maximum atomic E-state index is 14.7. The number of hydrogen-bond acceptors (Lipinski definition) is 3. The van der Waals surface area contributed by atoms with Gasteiger partial charge in [0.15, 0.2) is 17.5 Å². The Bertz CT molecular complexity index is 2590. The fourth-order valence-corrected chi connectivity index (χ4v) is 6.75. The van der Waals surface area contributed by atoms with Gasteiger partial charge in [-0.1, -0.05) is 133 Å². The second kappa shape index (κ2) is 12.4. The summed E-state index contributed by atoms with van der Waals surface area (Å²) >= 11 is 0. The van der Waals surface area contributed by atoms with E-state index in [0.29, 0.717) is 17.5 Å². The molecule has 0 saturated carbocycles. The van der Waals surface area contributed by atoms with Crippen molar-refractivity contribution in [3.05, 3.63) is 182 Å². The molecule has 9 aromatic rings. The molecule has 2 aromatic heterocycles. The zero-order chi connectivity index (χ0) is 33.4. The Hall–Kier alpha value is -6.72. The summed E-state index contributed by atoms with van der Waals surface area (Å²) in [4.78, 5) is 15.1. The van der Waals surface area contributed by atoms with Crippen molar-refractivity contribution >= 4 is 21.8 Å². The van der Waals surface area contributed by atoms with E-state index in [-0.39, 0.29) is 5.82 Å². The second-order valence-corrected chi connectivity index (χ2v) is 12.2. The molecule has 0 aliphatic rings. The molecule has 0 N–H and O–H groups in total. The molecular weight excluding hydrogens is 616 g/mol. The van der Waals surface area contributed by atoms with Crippen LogP contribution >= 0.6 is 0 Å². The van der Waals surface area contributed by atoms with Crippen LogP contribution in [-0.2, 0) is 0 Å². The van der Waals surface area contributed by atoms with E-state index in [1.54, 1.807) is 12.1 Å². The van der Waals surface area contributed by atoms with Crippen molar-refractivity contribution in [2.75, 3.05) is 0 Å². The van der Waals surface area contributed by atoms with Crippen LogP contribution in [0.5, 0.6) is 0 Å². The van der Waals surface area contributed by atoms with Crippen molar-refractivity contribution < 1.29 is 4.39 Å². The molecule has 0 saturated heterocycles. The van der Waals surface area contributed by atoms with Crippen LogP contribution in [-0.4, -0.2) is 19.5 Å². The van der Waals surface area contributed by atoms with Crippen LogP contribution in [0.3, 0.4) is 0 Å². The zero-order valence-electron chi connectivity index (χ0n) is 26.9. The predicted molar refractivity (Wildman–Crippen MR) is 201 cm³/mol. The van der Waals surface area contributed by atoms with Gasteiger partial charge < -0.3 is 4.57 Å². The summed E-state index contributed by atoms with van der Waals surface area (Å²) in [6.07, 6.45) is 0.